The summed E-state index contributed by atoms with van der Waals surface area (Å²) in [5.74, 6) is -1.33. The number of aromatic nitrogens is 3. The fraction of sp³-hybridized carbons (Fsp3) is 0.462. The van der Waals surface area contributed by atoms with E-state index in [1.807, 2.05) is 36.1 Å². The number of nitrogens with zero attached hydrogens (tertiary/aromatic N) is 4. The summed E-state index contributed by atoms with van der Waals surface area (Å²) in [4.78, 5) is 28.7. The lowest BCUT2D eigenvalue weighted by molar-refractivity contribution is -0.0632. The molecule has 184 valence electrons. The summed E-state index contributed by atoms with van der Waals surface area (Å²) in [7, 11) is 0. The Morgan fingerprint density at radius 1 is 1.14 bits per heavy atom. The number of pyridine rings is 1. The Labute approximate surface area is 203 Å². The monoisotopic (exact) mass is 480 g/mol. The van der Waals surface area contributed by atoms with Crippen molar-refractivity contribution in [2.45, 2.75) is 57.0 Å². The molecule has 1 amide bonds. The second kappa shape index (κ2) is 9.81. The summed E-state index contributed by atoms with van der Waals surface area (Å²) in [6.07, 6.45) is 6.12. The molecule has 1 aliphatic heterocycles. The quantitative estimate of drug-likeness (QED) is 0.498. The van der Waals surface area contributed by atoms with Gasteiger partial charge in [0, 0.05) is 73.8 Å². The molecular weight excluding hydrogens is 450 g/mol. The maximum Gasteiger partial charge on any atom is 0.252 e. The standard InChI is InChI=1S/C26H30F2N6O/c1-2-23-29-14-17(15-30-23)22(34-12-10-26(27,28)11-13-34)16-31-25(35)20-4-3-5-21-19(20)8-9-24(33-21)32-18-6-7-18/h3-5,8-9,14-15,18,22H,2,6-7,10-13,16H2,1H3,(H,31,35)(H,32,33). The van der Waals surface area contributed by atoms with Crippen LogP contribution in [0.5, 0.6) is 0 Å². The van der Waals surface area contributed by atoms with Crippen LogP contribution >= 0.6 is 0 Å². The number of anilines is 1. The number of carbonyl (C=O) groups is 1. The number of carbonyl (C=O) groups excluding carboxylic acids is 1. The first-order valence-electron chi connectivity index (χ1n) is 12.3. The molecule has 1 saturated heterocycles. The zero-order chi connectivity index (χ0) is 24.4. The van der Waals surface area contributed by atoms with Crippen molar-refractivity contribution >= 4 is 22.6 Å². The van der Waals surface area contributed by atoms with Crippen molar-refractivity contribution in [3.8, 4) is 0 Å². The predicted molar refractivity (Wildman–Crippen MR) is 131 cm³/mol. The maximum atomic E-state index is 13.8. The highest BCUT2D eigenvalue weighted by molar-refractivity contribution is 6.06. The minimum absolute atomic E-state index is 0.197. The number of fused-ring (bicyclic) bond motifs is 1. The maximum absolute atomic E-state index is 13.8. The minimum atomic E-state index is -2.64. The molecule has 2 aliphatic rings. The second-order valence-corrected chi connectivity index (χ2v) is 9.39. The van der Waals surface area contributed by atoms with Crippen molar-refractivity contribution in [3.05, 3.63) is 59.7 Å². The Morgan fingerprint density at radius 3 is 2.57 bits per heavy atom. The molecule has 0 bridgehead atoms. The van der Waals surface area contributed by atoms with Gasteiger partial charge in [0.2, 0.25) is 0 Å². The van der Waals surface area contributed by atoms with E-state index in [-0.39, 0.29) is 44.4 Å². The van der Waals surface area contributed by atoms with Crippen LogP contribution in [0.25, 0.3) is 10.9 Å². The zero-order valence-corrected chi connectivity index (χ0v) is 19.8. The lowest BCUT2D eigenvalue weighted by Crippen LogP contribution is -2.45. The second-order valence-electron chi connectivity index (χ2n) is 9.39. The summed E-state index contributed by atoms with van der Waals surface area (Å²) in [5, 5.41) is 7.18. The van der Waals surface area contributed by atoms with Gasteiger partial charge in [-0.15, -0.1) is 0 Å². The van der Waals surface area contributed by atoms with Crippen molar-refractivity contribution in [2.24, 2.45) is 0 Å². The molecule has 7 nitrogen and oxygen atoms in total. The van der Waals surface area contributed by atoms with E-state index >= 15 is 0 Å². The average Bonchev–Trinajstić information content (AvgIpc) is 3.68. The highest BCUT2D eigenvalue weighted by Crippen LogP contribution is 2.32. The molecule has 5 rings (SSSR count). The van der Waals surface area contributed by atoms with Gasteiger partial charge >= 0.3 is 0 Å². The van der Waals surface area contributed by atoms with E-state index in [9.17, 15) is 13.6 Å². The van der Waals surface area contributed by atoms with Crippen LogP contribution in [0.3, 0.4) is 0 Å². The van der Waals surface area contributed by atoms with Crippen LogP contribution in [-0.4, -0.2) is 57.4 Å². The number of piperidine rings is 1. The number of likely N-dealkylation sites (tertiary alicyclic amines) is 1. The fourth-order valence-corrected chi connectivity index (χ4v) is 4.49. The number of hydrogen-bond donors (Lipinski definition) is 2. The molecule has 1 aromatic carbocycles. The Morgan fingerprint density at radius 2 is 1.89 bits per heavy atom. The van der Waals surface area contributed by atoms with Crippen molar-refractivity contribution in [1.29, 1.82) is 0 Å². The topological polar surface area (TPSA) is 83.0 Å². The largest absolute Gasteiger partial charge is 0.367 e. The molecule has 3 aromatic rings. The molecule has 1 unspecified atom stereocenters. The van der Waals surface area contributed by atoms with Crippen LogP contribution < -0.4 is 10.6 Å². The van der Waals surface area contributed by atoms with Crippen molar-refractivity contribution in [1.82, 2.24) is 25.2 Å². The number of halogens is 2. The minimum Gasteiger partial charge on any atom is -0.367 e. The van der Waals surface area contributed by atoms with Gasteiger partial charge in [-0.05, 0) is 37.1 Å². The molecule has 35 heavy (non-hydrogen) atoms. The number of nitrogens with one attached hydrogen (secondary N) is 2. The van der Waals surface area contributed by atoms with E-state index in [4.69, 9.17) is 0 Å². The number of benzene rings is 1. The lowest BCUT2D eigenvalue weighted by atomic mass is 10.0. The third-order valence-corrected chi connectivity index (χ3v) is 6.76. The summed E-state index contributed by atoms with van der Waals surface area (Å²) in [5.41, 5.74) is 2.10. The van der Waals surface area contributed by atoms with Crippen LogP contribution in [0, 0.1) is 0 Å². The van der Waals surface area contributed by atoms with Crippen LogP contribution in [0.1, 0.15) is 60.4 Å². The smallest absolute Gasteiger partial charge is 0.252 e. The predicted octanol–water partition coefficient (Wildman–Crippen LogP) is 4.36. The van der Waals surface area contributed by atoms with Crippen LogP contribution in [-0.2, 0) is 6.42 Å². The summed E-state index contributed by atoms with van der Waals surface area (Å²) in [6, 6.07) is 9.53. The summed E-state index contributed by atoms with van der Waals surface area (Å²) >= 11 is 0. The van der Waals surface area contributed by atoms with Crippen molar-refractivity contribution < 1.29 is 13.6 Å². The first kappa shape index (κ1) is 23.5. The van der Waals surface area contributed by atoms with Gasteiger partial charge in [0.1, 0.15) is 11.6 Å². The fourth-order valence-electron chi connectivity index (χ4n) is 4.49. The van der Waals surface area contributed by atoms with E-state index in [0.717, 1.165) is 41.0 Å². The molecule has 1 atom stereocenters. The highest BCUT2D eigenvalue weighted by Gasteiger charge is 2.37. The Bertz CT molecular complexity index is 1190. The normalized spacial score (nSPS) is 18.8. The van der Waals surface area contributed by atoms with E-state index in [0.29, 0.717) is 18.0 Å². The third kappa shape index (κ3) is 5.56. The zero-order valence-electron chi connectivity index (χ0n) is 19.8. The first-order valence-corrected chi connectivity index (χ1v) is 12.3. The van der Waals surface area contributed by atoms with Crippen molar-refractivity contribution in [3.63, 3.8) is 0 Å². The lowest BCUT2D eigenvalue weighted by Gasteiger charge is -2.37. The van der Waals surface area contributed by atoms with Crippen molar-refractivity contribution in [2.75, 3.05) is 25.0 Å². The molecule has 1 saturated carbocycles. The molecule has 2 fully saturated rings. The number of aryl methyl sites for hydroxylation is 1. The van der Waals surface area contributed by atoms with Gasteiger partial charge in [0.05, 0.1) is 11.6 Å². The van der Waals surface area contributed by atoms with Crippen LogP contribution in [0.15, 0.2) is 42.7 Å². The molecule has 9 heteroatoms. The van der Waals surface area contributed by atoms with Gasteiger partial charge in [0.15, 0.2) is 0 Å². The van der Waals surface area contributed by atoms with Gasteiger partial charge in [0.25, 0.3) is 11.8 Å². The van der Waals surface area contributed by atoms with Gasteiger partial charge in [-0.25, -0.2) is 23.7 Å². The SMILES string of the molecule is CCc1ncc(C(CNC(=O)c2cccc3nc(NC4CC4)ccc23)N2CCC(F)(F)CC2)cn1. The molecule has 1 aliphatic carbocycles. The number of rotatable bonds is 8. The number of alkyl halides is 2. The Hall–Kier alpha value is -3.20. The van der Waals surface area contributed by atoms with Crippen LogP contribution in [0.2, 0.25) is 0 Å². The molecule has 0 radical (unpaired) electrons. The first-order chi connectivity index (χ1) is 16.9. The van der Waals surface area contributed by atoms with Crippen LogP contribution in [0.4, 0.5) is 14.6 Å². The van der Waals surface area contributed by atoms with Gasteiger partial charge in [-0.3, -0.25) is 9.69 Å². The van der Waals surface area contributed by atoms with E-state index < -0.39 is 5.92 Å². The molecule has 2 aromatic heterocycles. The molecular formula is C26H30F2N6O. The van der Waals surface area contributed by atoms with Gasteiger partial charge < -0.3 is 10.6 Å². The third-order valence-electron chi connectivity index (χ3n) is 6.76. The van der Waals surface area contributed by atoms with E-state index in [1.165, 1.54) is 0 Å². The van der Waals surface area contributed by atoms with Gasteiger partial charge in [-0.2, -0.15) is 0 Å². The summed E-state index contributed by atoms with van der Waals surface area (Å²) in [6.45, 7) is 2.74. The Balaban J connectivity index is 1.34. The van der Waals surface area contributed by atoms with E-state index in [1.54, 1.807) is 18.5 Å². The molecule has 0 spiro atoms. The number of hydrogen-bond acceptors (Lipinski definition) is 6. The average molecular weight is 481 g/mol. The summed E-state index contributed by atoms with van der Waals surface area (Å²) < 4.78 is 27.6. The van der Waals surface area contributed by atoms with E-state index in [2.05, 4.69) is 25.6 Å². The number of amides is 1. The molecule has 2 N–H and O–H groups in total. The highest BCUT2D eigenvalue weighted by atomic mass is 19.3. The molecule has 3 heterocycles. The Kier molecular flexibility index (Phi) is 6.60. The van der Waals surface area contributed by atoms with Gasteiger partial charge in [-0.1, -0.05) is 13.0 Å².